The highest BCUT2D eigenvalue weighted by Crippen LogP contribution is 2.32. The van der Waals surface area contributed by atoms with Crippen molar-refractivity contribution >= 4 is 45.2 Å². The van der Waals surface area contributed by atoms with Crippen molar-refractivity contribution < 1.29 is 27.5 Å². The number of thioether (sulfide) groups is 1. The van der Waals surface area contributed by atoms with Crippen molar-refractivity contribution in [3.8, 4) is 11.5 Å². The van der Waals surface area contributed by atoms with Gasteiger partial charge in [0.15, 0.2) is 11.5 Å². The number of benzene rings is 2. The lowest BCUT2D eigenvalue weighted by Crippen LogP contribution is -2.52. The van der Waals surface area contributed by atoms with Gasteiger partial charge in [0.2, 0.25) is 10.0 Å². The molecule has 0 bridgehead atoms. The maximum absolute atomic E-state index is 12.9. The number of ether oxygens (including phenoxy) is 2. The third-order valence-electron chi connectivity index (χ3n) is 4.43. The van der Waals surface area contributed by atoms with E-state index >= 15 is 0 Å². The fourth-order valence-electron chi connectivity index (χ4n) is 2.83. The second-order valence-electron chi connectivity index (χ2n) is 6.71. The third-order valence-corrected chi connectivity index (χ3v) is 6.78. The van der Waals surface area contributed by atoms with Crippen LogP contribution in [-0.2, 0) is 14.8 Å². The van der Waals surface area contributed by atoms with E-state index in [9.17, 15) is 18.0 Å². The molecule has 0 saturated carbocycles. The van der Waals surface area contributed by atoms with E-state index in [0.717, 1.165) is 0 Å². The number of hydrazine groups is 1. The summed E-state index contributed by atoms with van der Waals surface area (Å²) in [7, 11) is -4.05. The predicted molar refractivity (Wildman–Crippen MR) is 122 cm³/mol. The Hall–Kier alpha value is -2.47. The molecule has 0 saturated heterocycles. The molecule has 0 fully saturated rings. The average Bonchev–Trinajstić information content (AvgIpc) is 2.79. The lowest BCUT2D eigenvalue weighted by molar-refractivity contribution is -0.123. The lowest BCUT2D eigenvalue weighted by Gasteiger charge is -2.21. The number of rotatable bonds is 8. The quantitative estimate of drug-likeness (QED) is 0.474. The Kier molecular flexibility index (Phi) is 8.24. The maximum Gasteiger partial charge on any atom is 0.269 e. The van der Waals surface area contributed by atoms with E-state index in [0.29, 0.717) is 35.5 Å². The molecule has 2 aromatic rings. The molecule has 9 nitrogen and oxygen atoms in total. The Morgan fingerprint density at radius 3 is 2.56 bits per heavy atom. The monoisotopic (exact) mass is 499 g/mol. The number of hydrogen-bond acceptors (Lipinski definition) is 7. The Bertz CT molecular complexity index is 1100. The van der Waals surface area contributed by atoms with Crippen molar-refractivity contribution in [1.29, 1.82) is 0 Å². The summed E-state index contributed by atoms with van der Waals surface area (Å²) in [6.07, 6.45) is 2.05. The topological polar surface area (TPSA) is 123 Å². The van der Waals surface area contributed by atoms with E-state index in [4.69, 9.17) is 21.1 Å². The van der Waals surface area contributed by atoms with Crippen LogP contribution in [0.25, 0.3) is 0 Å². The van der Waals surface area contributed by atoms with E-state index in [-0.39, 0.29) is 16.9 Å². The SMILES string of the molecule is CSCCC(NS(=O)(=O)c1ccc2c(c1)OCCO2)C(=O)NNC(=O)c1cccc(Cl)c1. The van der Waals surface area contributed by atoms with Crippen LogP contribution in [0.15, 0.2) is 47.4 Å². The Morgan fingerprint density at radius 1 is 1.09 bits per heavy atom. The molecule has 0 aliphatic carbocycles. The van der Waals surface area contributed by atoms with E-state index in [2.05, 4.69) is 15.6 Å². The number of nitrogens with one attached hydrogen (secondary N) is 3. The predicted octanol–water partition coefficient (Wildman–Crippen LogP) is 1.97. The molecule has 0 spiro atoms. The van der Waals surface area contributed by atoms with Gasteiger partial charge in [0.1, 0.15) is 19.3 Å². The standard InChI is InChI=1S/C20H22ClN3O6S2/c1-31-10-7-16(20(26)23-22-19(25)13-3-2-4-14(21)11-13)24-32(27,28)15-5-6-17-18(12-15)30-9-8-29-17/h2-6,11-12,16,24H,7-10H2,1H3,(H,22,25)(H,23,26). The van der Waals surface area contributed by atoms with Crippen LogP contribution >= 0.6 is 23.4 Å². The normalized spacial score (nSPS) is 13.8. The summed E-state index contributed by atoms with van der Waals surface area (Å²) in [5.74, 6) is 0.00704. The lowest BCUT2D eigenvalue weighted by atomic mass is 10.2. The number of carbonyl (C=O) groups is 2. The number of fused-ring (bicyclic) bond motifs is 1. The van der Waals surface area contributed by atoms with Gasteiger partial charge in [-0.05, 0) is 48.8 Å². The third kappa shape index (κ3) is 6.28. The van der Waals surface area contributed by atoms with Crippen LogP contribution < -0.4 is 25.0 Å². The van der Waals surface area contributed by atoms with Crippen molar-refractivity contribution in [3.63, 3.8) is 0 Å². The molecule has 1 aliphatic rings. The van der Waals surface area contributed by atoms with Crippen LogP contribution in [0.3, 0.4) is 0 Å². The van der Waals surface area contributed by atoms with E-state index in [1.807, 2.05) is 6.26 Å². The summed E-state index contributed by atoms with van der Waals surface area (Å²) < 4.78 is 39.0. The first kappa shape index (κ1) is 24.2. The Labute approximate surface area is 195 Å². The number of halogens is 1. The molecule has 3 N–H and O–H groups in total. The average molecular weight is 500 g/mol. The molecular formula is C20H22ClN3O6S2. The minimum Gasteiger partial charge on any atom is -0.486 e. The van der Waals surface area contributed by atoms with Gasteiger partial charge in [0.05, 0.1) is 4.90 Å². The Balaban J connectivity index is 1.69. The van der Waals surface area contributed by atoms with Gasteiger partial charge < -0.3 is 9.47 Å². The molecule has 1 aliphatic heterocycles. The molecule has 32 heavy (non-hydrogen) atoms. The molecule has 1 atom stereocenters. The zero-order chi connectivity index (χ0) is 23.1. The highest BCUT2D eigenvalue weighted by molar-refractivity contribution is 7.98. The summed E-state index contributed by atoms with van der Waals surface area (Å²) in [6, 6.07) is 9.30. The summed E-state index contributed by atoms with van der Waals surface area (Å²) in [6.45, 7) is 0.699. The molecule has 1 heterocycles. The van der Waals surface area contributed by atoms with Gasteiger partial charge in [0, 0.05) is 16.7 Å². The summed E-state index contributed by atoms with van der Waals surface area (Å²) in [5.41, 5.74) is 4.79. The van der Waals surface area contributed by atoms with Gasteiger partial charge in [-0.25, -0.2) is 8.42 Å². The van der Waals surface area contributed by atoms with E-state index in [1.165, 1.54) is 42.1 Å². The number of hydrogen-bond donors (Lipinski definition) is 3. The minimum atomic E-state index is -4.05. The van der Waals surface area contributed by atoms with Gasteiger partial charge >= 0.3 is 0 Å². The first-order valence-electron chi connectivity index (χ1n) is 9.57. The minimum absolute atomic E-state index is 0.0633. The molecule has 3 rings (SSSR count). The van der Waals surface area contributed by atoms with Crippen molar-refractivity contribution in [3.05, 3.63) is 53.1 Å². The first-order chi connectivity index (χ1) is 15.3. The van der Waals surface area contributed by atoms with Gasteiger partial charge in [-0.2, -0.15) is 16.5 Å². The maximum atomic E-state index is 12.9. The molecular weight excluding hydrogens is 478 g/mol. The first-order valence-corrected chi connectivity index (χ1v) is 12.8. The highest BCUT2D eigenvalue weighted by Gasteiger charge is 2.27. The molecule has 0 radical (unpaired) electrons. The van der Waals surface area contributed by atoms with Crippen LogP contribution in [0, 0.1) is 0 Å². The number of carbonyl (C=O) groups excluding carboxylic acids is 2. The van der Waals surface area contributed by atoms with Gasteiger partial charge in [0.25, 0.3) is 11.8 Å². The summed E-state index contributed by atoms with van der Waals surface area (Å²) in [4.78, 5) is 24.8. The summed E-state index contributed by atoms with van der Waals surface area (Å²) >= 11 is 7.33. The van der Waals surface area contributed by atoms with Crippen LogP contribution in [-0.4, -0.2) is 51.5 Å². The van der Waals surface area contributed by atoms with E-state index < -0.39 is 27.9 Å². The van der Waals surface area contributed by atoms with Crippen LogP contribution in [0.5, 0.6) is 11.5 Å². The van der Waals surface area contributed by atoms with Gasteiger partial charge in [-0.3, -0.25) is 20.4 Å². The molecule has 2 amide bonds. The van der Waals surface area contributed by atoms with Crippen molar-refractivity contribution in [2.45, 2.75) is 17.4 Å². The Morgan fingerprint density at radius 2 is 1.84 bits per heavy atom. The smallest absolute Gasteiger partial charge is 0.269 e. The summed E-state index contributed by atoms with van der Waals surface area (Å²) in [5, 5.41) is 0.369. The van der Waals surface area contributed by atoms with Crippen LogP contribution in [0.1, 0.15) is 16.8 Å². The fourth-order valence-corrected chi connectivity index (χ4v) is 4.74. The van der Waals surface area contributed by atoms with Gasteiger partial charge in [-0.15, -0.1) is 0 Å². The van der Waals surface area contributed by atoms with Crippen LogP contribution in [0.2, 0.25) is 5.02 Å². The van der Waals surface area contributed by atoms with Gasteiger partial charge in [-0.1, -0.05) is 17.7 Å². The largest absolute Gasteiger partial charge is 0.486 e. The van der Waals surface area contributed by atoms with Crippen molar-refractivity contribution in [1.82, 2.24) is 15.6 Å². The zero-order valence-corrected chi connectivity index (χ0v) is 19.5. The van der Waals surface area contributed by atoms with E-state index in [1.54, 1.807) is 12.1 Å². The fraction of sp³-hybridized carbons (Fsp3) is 0.300. The number of sulfonamides is 1. The molecule has 0 aromatic heterocycles. The van der Waals surface area contributed by atoms with Crippen molar-refractivity contribution in [2.75, 3.05) is 25.2 Å². The zero-order valence-electron chi connectivity index (χ0n) is 17.1. The second kappa shape index (κ2) is 10.9. The number of amides is 2. The van der Waals surface area contributed by atoms with Crippen molar-refractivity contribution in [2.24, 2.45) is 0 Å². The molecule has 1 unspecified atom stereocenters. The molecule has 172 valence electrons. The highest BCUT2D eigenvalue weighted by atomic mass is 35.5. The molecule has 2 aromatic carbocycles. The second-order valence-corrected chi connectivity index (χ2v) is 9.85. The van der Waals surface area contributed by atoms with Crippen LogP contribution in [0.4, 0.5) is 0 Å². The molecule has 12 heteroatoms.